The molecule has 2 heterocycles. The molecule has 0 unspecified atom stereocenters. The molecule has 94 valence electrons. The van der Waals surface area contributed by atoms with Crippen molar-refractivity contribution in [3.8, 4) is 0 Å². The molecule has 1 N–H and O–H groups in total. The molecule has 4 nitrogen and oxygen atoms in total. The maximum atomic E-state index is 9.26. The maximum Gasteiger partial charge on any atom is 0.132 e. The molecule has 0 aliphatic rings. The number of rotatable bonds is 4. The van der Waals surface area contributed by atoms with E-state index in [2.05, 4.69) is 28.8 Å². The van der Waals surface area contributed by atoms with Crippen LogP contribution in [-0.4, -0.2) is 20.1 Å². The van der Waals surface area contributed by atoms with Crippen LogP contribution in [0.25, 0.3) is 0 Å². The molecule has 0 aliphatic carbocycles. The van der Waals surface area contributed by atoms with E-state index in [0.29, 0.717) is 6.42 Å². The number of aliphatic hydroxyl groups excluding tert-OH is 1. The molecule has 2 aromatic heterocycles. The minimum Gasteiger partial charge on any atom is -0.392 e. The van der Waals surface area contributed by atoms with Gasteiger partial charge in [-0.25, -0.2) is 9.97 Å². The van der Waals surface area contributed by atoms with Crippen LogP contribution < -0.4 is 0 Å². The molecule has 0 bridgehead atoms. The molecular weight excluding hydrogens is 226 g/mol. The number of nitrogens with zero attached hydrogens (tertiary/aromatic N) is 3. The molecule has 0 radical (unpaired) electrons. The number of aliphatic hydroxyl groups is 1. The lowest BCUT2D eigenvalue weighted by Gasteiger charge is -2.11. The van der Waals surface area contributed by atoms with Crippen LogP contribution in [0, 0.1) is 0 Å². The Morgan fingerprint density at radius 2 is 2.11 bits per heavy atom. The maximum absolute atomic E-state index is 9.26. The summed E-state index contributed by atoms with van der Waals surface area (Å²) in [6.07, 6.45) is 5.95. The fraction of sp³-hybridized carbons (Fsp3) is 0.357. The van der Waals surface area contributed by atoms with Gasteiger partial charge in [-0.2, -0.15) is 0 Å². The Labute approximate surface area is 107 Å². The zero-order valence-corrected chi connectivity index (χ0v) is 10.7. The molecule has 0 saturated heterocycles. The van der Waals surface area contributed by atoms with E-state index in [4.69, 9.17) is 0 Å². The first-order valence-electron chi connectivity index (χ1n) is 6.05. The monoisotopic (exact) mass is 243 g/mol. The van der Waals surface area contributed by atoms with Gasteiger partial charge >= 0.3 is 0 Å². The van der Waals surface area contributed by atoms with Crippen molar-refractivity contribution in [2.45, 2.75) is 32.8 Å². The fourth-order valence-electron chi connectivity index (χ4n) is 1.85. The second-order valence-corrected chi connectivity index (χ2v) is 4.55. The topological polar surface area (TPSA) is 58.9 Å². The van der Waals surface area contributed by atoms with E-state index in [1.807, 2.05) is 18.3 Å². The van der Waals surface area contributed by atoms with Crippen molar-refractivity contribution in [1.29, 1.82) is 0 Å². The molecule has 0 amide bonds. The molecule has 0 saturated carbocycles. The second kappa shape index (κ2) is 5.69. The third-order valence-electron chi connectivity index (χ3n) is 2.75. The van der Waals surface area contributed by atoms with Crippen molar-refractivity contribution in [1.82, 2.24) is 15.0 Å². The van der Waals surface area contributed by atoms with Crippen LogP contribution >= 0.6 is 0 Å². The Morgan fingerprint density at radius 3 is 2.72 bits per heavy atom. The summed E-state index contributed by atoms with van der Waals surface area (Å²) in [5.74, 6) is 1.05. The lowest BCUT2D eigenvalue weighted by atomic mass is 10.1. The minimum atomic E-state index is -0.0132. The Morgan fingerprint density at radius 1 is 1.28 bits per heavy atom. The van der Waals surface area contributed by atoms with Crippen molar-refractivity contribution in [3.05, 3.63) is 53.4 Å². The fourth-order valence-corrected chi connectivity index (χ4v) is 1.85. The van der Waals surface area contributed by atoms with Gasteiger partial charge in [0.25, 0.3) is 0 Å². The zero-order valence-electron chi connectivity index (χ0n) is 10.7. The Hall–Kier alpha value is -1.81. The number of hydrogen-bond donors (Lipinski definition) is 1. The zero-order chi connectivity index (χ0) is 13.0. The summed E-state index contributed by atoms with van der Waals surface area (Å²) in [6.45, 7) is 4.12. The smallest absolute Gasteiger partial charge is 0.132 e. The summed E-state index contributed by atoms with van der Waals surface area (Å²) in [6, 6.07) is 3.91. The van der Waals surface area contributed by atoms with Crippen LogP contribution in [0.2, 0.25) is 0 Å². The van der Waals surface area contributed by atoms with E-state index in [9.17, 15) is 5.11 Å². The highest BCUT2D eigenvalue weighted by Crippen LogP contribution is 2.17. The number of hydrogen-bond acceptors (Lipinski definition) is 4. The van der Waals surface area contributed by atoms with Gasteiger partial charge in [-0.05, 0) is 17.5 Å². The van der Waals surface area contributed by atoms with Gasteiger partial charge in [0.05, 0.1) is 12.3 Å². The average Bonchev–Trinajstić information content (AvgIpc) is 2.40. The number of aromatic nitrogens is 3. The summed E-state index contributed by atoms with van der Waals surface area (Å²) < 4.78 is 0. The van der Waals surface area contributed by atoms with Gasteiger partial charge < -0.3 is 5.11 Å². The largest absolute Gasteiger partial charge is 0.392 e. The van der Waals surface area contributed by atoms with E-state index in [0.717, 1.165) is 22.6 Å². The van der Waals surface area contributed by atoms with Crippen LogP contribution in [0.15, 0.2) is 30.7 Å². The van der Waals surface area contributed by atoms with Crippen LogP contribution in [0.4, 0.5) is 0 Å². The first-order valence-corrected chi connectivity index (χ1v) is 6.05. The summed E-state index contributed by atoms with van der Waals surface area (Å²) in [5.41, 5.74) is 2.82. The molecule has 4 heteroatoms. The minimum absolute atomic E-state index is 0.0132. The first-order chi connectivity index (χ1) is 8.70. The predicted octanol–water partition coefficient (Wildman–Crippen LogP) is 2.08. The third-order valence-corrected chi connectivity index (χ3v) is 2.75. The highest BCUT2D eigenvalue weighted by Gasteiger charge is 2.10. The Balaban J connectivity index is 2.27. The molecule has 18 heavy (non-hydrogen) atoms. The van der Waals surface area contributed by atoms with Gasteiger partial charge in [0.1, 0.15) is 5.82 Å². The van der Waals surface area contributed by atoms with E-state index < -0.39 is 0 Å². The van der Waals surface area contributed by atoms with Crippen molar-refractivity contribution >= 4 is 0 Å². The van der Waals surface area contributed by atoms with E-state index in [1.165, 1.54) is 0 Å². The van der Waals surface area contributed by atoms with Crippen LogP contribution in [-0.2, 0) is 13.0 Å². The standard InChI is InChI=1S/C14H17N3O/c1-10(2)14-12(9-18)8-16-13(17-14)6-11-4-3-5-15-7-11/h3-5,7-8,10,18H,6,9H2,1-2H3. The molecule has 0 atom stereocenters. The van der Waals surface area contributed by atoms with Gasteiger partial charge in [-0.1, -0.05) is 19.9 Å². The van der Waals surface area contributed by atoms with E-state index >= 15 is 0 Å². The van der Waals surface area contributed by atoms with Crippen molar-refractivity contribution in [2.75, 3.05) is 0 Å². The molecular formula is C14H17N3O. The predicted molar refractivity (Wildman–Crippen MR) is 69.1 cm³/mol. The van der Waals surface area contributed by atoms with Gasteiger partial charge in [-0.3, -0.25) is 4.98 Å². The van der Waals surface area contributed by atoms with Crippen molar-refractivity contribution in [2.24, 2.45) is 0 Å². The lowest BCUT2D eigenvalue weighted by molar-refractivity contribution is 0.278. The SMILES string of the molecule is CC(C)c1nc(Cc2cccnc2)ncc1CO. The van der Waals surface area contributed by atoms with Gasteiger partial charge in [-0.15, -0.1) is 0 Å². The Kier molecular flexibility index (Phi) is 3.99. The molecule has 2 rings (SSSR count). The molecule has 2 aromatic rings. The van der Waals surface area contributed by atoms with E-state index in [-0.39, 0.29) is 12.5 Å². The lowest BCUT2D eigenvalue weighted by Crippen LogP contribution is -2.06. The van der Waals surface area contributed by atoms with E-state index in [1.54, 1.807) is 12.4 Å². The molecule has 0 aromatic carbocycles. The first kappa shape index (κ1) is 12.6. The number of pyridine rings is 1. The quantitative estimate of drug-likeness (QED) is 0.893. The van der Waals surface area contributed by atoms with Gasteiger partial charge in [0.15, 0.2) is 0 Å². The average molecular weight is 243 g/mol. The van der Waals surface area contributed by atoms with Crippen LogP contribution in [0.1, 0.15) is 42.4 Å². The second-order valence-electron chi connectivity index (χ2n) is 4.55. The molecule has 0 aliphatic heterocycles. The highest BCUT2D eigenvalue weighted by molar-refractivity contribution is 5.22. The molecule has 0 spiro atoms. The summed E-state index contributed by atoms with van der Waals surface area (Å²) in [5, 5.41) is 9.26. The highest BCUT2D eigenvalue weighted by atomic mass is 16.3. The van der Waals surface area contributed by atoms with Gasteiger partial charge in [0, 0.05) is 30.6 Å². The third kappa shape index (κ3) is 2.90. The summed E-state index contributed by atoms with van der Waals surface area (Å²) in [4.78, 5) is 12.9. The van der Waals surface area contributed by atoms with Crippen LogP contribution in [0.3, 0.4) is 0 Å². The van der Waals surface area contributed by atoms with Crippen molar-refractivity contribution < 1.29 is 5.11 Å². The van der Waals surface area contributed by atoms with Gasteiger partial charge in [0.2, 0.25) is 0 Å². The van der Waals surface area contributed by atoms with Crippen molar-refractivity contribution in [3.63, 3.8) is 0 Å². The Bertz CT molecular complexity index is 512. The normalized spacial score (nSPS) is 10.9. The molecule has 0 fully saturated rings. The summed E-state index contributed by atoms with van der Waals surface area (Å²) in [7, 11) is 0. The summed E-state index contributed by atoms with van der Waals surface area (Å²) >= 11 is 0. The van der Waals surface area contributed by atoms with Crippen LogP contribution in [0.5, 0.6) is 0 Å².